The van der Waals surface area contributed by atoms with E-state index in [4.69, 9.17) is 9.47 Å². The van der Waals surface area contributed by atoms with Crippen molar-refractivity contribution >= 4 is 71.6 Å². The molecule has 0 aliphatic carbocycles. The van der Waals surface area contributed by atoms with E-state index < -0.39 is 125 Å². The van der Waals surface area contributed by atoms with Crippen LogP contribution in [0.2, 0.25) is 0 Å². The summed E-state index contributed by atoms with van der Waals surface area (Å²) in [6, 6.07) is 3.65. The summed E-state index contributed by atoms with van der Waals surface area (Å²) in [5.41, 5.74) is -4.51. The van der Waals surface area contributed by atoms with Crippen LogP contribution in [0.3, 0.4) is 0 Å². The second-order valence-corrected chi connectivity index (χ2v) is 13.8. The third kappa shape index (κ3) is 5.26. The maximum atomic E-state index is 14.7. The molecule has 0 spiro atoms. The Morgan fingerprint density at radius 3 is 2.00 bits per heavy atom. The Balaban J connectivity index is 1.54. The molecule has 3 unspecified atom stereocenters. The monoisotopic (exact) mass is 765 g/mol. The van der Waals surface area contributed by atoms with E-state index in [9.17, 15) is 53.7 Å². The molecule has 5 aromatic carbocycles. The highest BCUT2D eigenvalue weighted by molar-refractivity contribution is 6.24. The van der Waals surface area contributed by atoms with Gasteiger partial charge in [-0.1, -0.05) is 13.8 Å². The molecule has 1 aromatic heterocycles. The Labute approximate surface area is 314 Å². The van der Waals surface area contributed by atoms with Crippen molar-refractivity contribution in [2.45, 2.75) is 58.7 Å². The molecular formula is C40H35N3O13. The summed E-state index contributed by atoms with van der Waals surface area (Å²) in [6.07, 6.45) is 0.464. The van der Waals surface area contributed by atoms with E-state index in [2.05, 4.69) is 5.32 Å². The molecule has 288 valence electrons. The normalized spacial score (nSPS) is 16.5. The predicted octanol–water partition coefficient (Wildman–Crippen LogP) is 1.85. The van der Waals surface area contributed by atoms with Crippen LogP contribution in [-0.2, 0) is 25.7 Å². The highest BCUT2D eigenvalue weighted by Gasteiger charge is 2.39. The van der Waals surface area contributed by atoms with Gasteiger partial charge in [-0.2, -0.15) is 0 Å². The Hall–Kier alpha value is -6.84. The maximum Gasteiger partial charge on any atom is 0.330 e. The van der Waals surface area contributed by atoms with Crippen molar-refractivity contribution < 1.29 is 39.2 Å². The predicted molar refractivity (Wildman–Crippen MR) is 206 cm³/mol. The summed E-state index contributed by atoms with van der Waals surface area (Å²) in [6.45, 7) is 5.76. The minimum Gasteiger partial charge on any atom is -0.507 e. The minimum atomic E-state index is -1.16. The average molecular weight is 766 g/mol. The summed E-state index contributed by atoms with van der Waals surface area (Å²) in [7, 11) is 1.18. The molecule has 0 saturated carbocycles. The Bertz CT molecular complexity index is 3040. The van der Waals surface area contributed by atoms with Crippen LogP contribution >= 0.6 is 0 Å². The Morgan fingerprint density at radius 2 is 1.39 bits per heavy atom. The number of benzene rings is 5. The number of piperazine rings is 1. The van der Waals surface area contributed by atoms with Gasteiger partial charge in [0.05, 0.1) is 47.2 Å². The number of methoxy groups -OCH3 is 1. The zero-order valence-corrected chi connectivity index (χ0v) is 30.8. The van der Waals surface area contributed by atoms with Crippen molar-refractivity contribution in [1.29, 1.82) is 0 Å². The fourth-order valence-electron chi connectivity index (χ4n) is 7.77. The summed E-state index contributed by atoms with van der Waals surface area (Å²) < 4.78 is 11.7. The number of carbonyl (C=O) groups excluding carboxylic acids is 3. The Morgan fingerprint density at radius 1 is 0.804 bits per heavy atom. The van der Waals surface area contributed by atoms with Gasteiger partial charge in [0.1, 0.15) is 41.6 Å². The van der Waals surface area contributed by atoms with E-state index in [1.165, 1.54) is 32.2 Å². The van der Waals surface area contributed by atoms with E-state index in [1.54, 1.807) is 13.8 Å². The van der Waals surface area contributed by atoms with Crippen molar-refractivity contribution in [3.05, 3.63) is 87.3 Å². The molecule has 1 saturated heterocycles. The number of nitrogens with zero attached hydrogens (tertiary/aromatic N) is 2. The van der Waals surface area contributed by atoms with Crippen molar-refractivity contribution in [3.63, 3.8) is 0 Å². The first-order chi connectivity index (χ1) is 26.6. The molecule has 1 fully saturated rings. The summed E-state index contributed by atoms with van der Waals surface area (Å²) in [5.74, 6) is -5.05. The van der Waals surface area contributed by atoms with Crippen molar-refractivity contribution in [2.75, 3.05) is 20.3 Å². The van der Waals surface area contributed by atoms with Crippen LogP contribution in [0.5, 0.6) is 23.0 Å². The number of aromatic nitrogens is 1. The topological polar surface area (TPSA) is 236 Å². The lowest BCUT2D eigenvalue weighted by Crippen LogP contribution is -2.63. The largest absolute Gasteiger partial charge is 0.507 e. The van der Waals surface area contributed by atoms with Crippen LogP contribution < -0.4 is 37.3 Å². The van der Waals surface area contributed by atoms with Crippen LogP contribution in [0, 0.1) is 0 Å². The fraction of sp³-hybridized carbons (Fsp3) is 0.300. The van der Waals surface area contributed by atoms with E-state index in [0.29, 0.717) is 6.42 Å². The molecule has 6 aromatic rings. The molecule has 1 aliphatic rings. The molecule has 0 radical (unpaired) electrons. The lowest BCUT2D eigenvalue weighted by molar-refractivity contribution is -0.154. The molecule has 56 heavy (non-hydrogen) atoms. The van der Waals surface area contributed by atoms with Gasteiger partial charge in [-0.05, 0) is 56.5 Å². The van der Waals surface area contributed by atoms with E-state index >= 15 is 0 Å². The van der Waals surface area contributed by atoms with Gasteiger partial charge in [0.15, 0.2) is 16.3 Å². The highest BCUT2D eigenvalue weighted by Crippen LogP contribution is 2.46. The van der Waals surface area contributed by atoms with Crippen LogP contribution in [-0.4, -0.2) is 74.9 Å². The first-order valence-corrected chi connectivity index (χ1v) is 17.8. The molecule has 0 bridgehead atoms. The number of phenolic OH excluding ortho intramolecular Hbond substituents is 3. The number of rotatable bonds is 7. The molecule has 7 rings (SSSR count). The van der Waals surface area contributed by atoms with E-state index in [1.807, 2.05) is 6.92 Å². The number of ether oxygens (including phenoxy) is 2. The zero-order valence-electron chi connectivity index (χ0n) is 30.8. The number of nitrogens with one attached hydrogen (secondary N) is 1. The van der Waals surface area contributed by atoms with Crippen LogP contribution in [0.1, 0.15) is 45.7 Å². The highest BCUT2D eigenvalue weighted by atomic mass is 16.5. The van der Waals surface area contributed by atoms with Crippen molar-refractivity contribution in [2.24, 2.45) is 0 Å². The van der Waals surface area contributed by atoms with Crippen LogP contribution in [0.25, 0.3) is 53.9 Å². The van der Waals surface area contributed by atoms with Crippen molar-refractivity contribution in [3.8, 4) is 23.0 Å². The first kappa shape index (κ1) is 37.5. The van der Waals surface area contributed by atoms with E-state index in [-0.39, 0.29) is 40.8 Å². The molecule has 2 amide bonds. The van der Waals surface area contributed by atoms with Gasteiger partial charge in [0.25, 0.3) is 5.56 Å². The lowest BCUT2D eigenvalue weighted by Gasteiger charge is -2.37. The third-order valence-electron chi connectivity index (χ3n) is 10.8. The number of hydrogen-bond acceptors (Lipinski definition) is 13. The SMILES string of the molecule is CCOC(=O)C1CN(C(=O)Cn2c(C(C)CC)cc3c(O)c4ccc5c(OC)c6c(O)c7c(=O)ccc(=O)c7c(O)c6c(=O)c5c4c(=O)c3c2=O)C(C)C(=O)N1. The quantitative estimate of drug-likeness (QED) is 0.0787. The van der Waals surface area contributed by atoms with Gasteiger partial charge in [0, 0.05) is 32.6 Å². The second kappa shape index (κ2) is 13.5. The molecular weight excluding hydrogens is 730 g/mol. The number of phenols is 3. The van der Waals surface area contributed by atoms with Gasteiger partial charge >= 0.3 is 5.97 Å². The maximum absolute atomic E-state index is 14.7. The number of carbonyl (C=O) groups is 3. The van der Waals surface area contributed by atoms with Crippen molar-refractivity contribution in [1.82, 2.24) is 14.8 Å². The van der Waals surface area contributed by atoms with E-state index in [0.717, 1.165) is 21.6 Å². The lowest BCUT2D eigenvalue weighted by atomic mass is 9.91. The standard InChI is InChI=1S/C40H35N3O13/c1-6-15(3)21-12-19-27(39(53)43(21)14-24(46)42-13-20(40(54)56-7-2)41-38(52)16(42)4)33(48)25-17(32(19)47)8-9-18-26(25)34(49)30-31(37(18)55-5)36(51)29-23(45)11-10-22(44)28(29)35(30)50/h8-12,15-16,20,47,50-51H,6-7,13-14H2,1-5H3,(H,41,52). The summed E-state index contributed by atoms with van der Waals surface area (Å²) >= 11 is 0. The van der Waals surface area contributed by atoms with Gasteiger partial charge < -0.3 is 39.6 Å². The zero-order chi connectivity index (χ0) is 40.7. The van der Waals surface area contributed by atoms with Crippen LogP contribution in [0.4, 0.5) is 0 Å². The molecule has 3 atom stereocenters. The average Bonchev–Trinajstić information content (AvgIpc) is 3.17. The van der Waals surface area contributed by atoms with Gasteiger partial charge in [-0.3, -0.25) is 33.6 Å². The smallest absolute Gasteiger partial charge is 0.330 e. The number of amides is 2. The summed E-state index contributed by atoms with van der Waals surface area (Å²) in [5, 5.41) is 32.9. The van der Waals surface area contributed by atoms with Gasteiger partial charge in [0.2, 0.25) is 17.2 Å². The molecule has 1 aliphatic heterocycles. The molecule has 16 nitrogen and oxygen atoms in total. The second-order valence-electron chi connectivity index (χ2n) is 13.8. The molecule has 4 N–H and O–H groups in total. The number of pyridine rings is 1. The van der Waals surface area contributed by atoms with Crippen LogP contribution in [0.15, 0.2) is 54.3 Å². The number of hydrogen-bond donors (Lipinski definition) is 4. The summed E-state index contributed by atoms with van der Waals surface area (Å²) in [4.78, 5) is 110. The Kier molecular flexibility index (Phi) is 9.02. The van der Waals surface area contributed by atoms with Gasteiger partial charge in [-0.25, -0.2) is 4.79 Å². The number of esters is 1. The first-order valence-electron chi connectivity index (χ1n) is 17.8. The third-order valence-corrected chi connectivity index (χ3v) is 10.8. The number of fused-ring (bicyclic) bond motifs is 6. The van der Waals surface area contributed by atoms with Gasteiger partial charge in [-0.15, -0.1) is 0 Å². The number of aromatic hydroxyl groups is 3. The molecule has 2 heterocycles. The minimum absolute atomic E-state index is 0.0362. The fourth-order valence-corrected chi connectivity index (χ4v) is 7.77. The molecule has 16 heteroatoms.